The van der Waals surface area contributed by atoms with E-state index in [2.05, 4.69) is 9.72 Å². The van der Waals surface area contributed by atoms with E-state index in [0.717, 1.165) is 12.2 Å². The van der Waals surface area contributed by atoms with E-state index in [1.165, 1.54) is 7.11 Å². The van der Waals surface area contributed by atoms with E-state index >= 15 is 0 Å². The summed E-state index contributed by atoms with van der Waals surface area (Å²) in [6, 6.07) is 0.111. The molecular formula is C10H16N2O2. The molecule has 0 amide bonds. The average Bonchev–Trinajstić information content (AvgIpc) is 2.65. The van der Waals surface area contributed by atoms with Crippen molar-refractivity contribution < 1.29 is 9.53 Å². The minimum absolute atomic E-state index is 0.111. The maximum Gasteiger partial charge on any atom is 0.307 e. The van der Waals surface area contributed by atoms with Crippen molar-refractivity contribution in [2.75, 3.05) is 7.11 Å². The molecule has 1 atom stereocenters. The van der Waals surface area contributed by atoms with Crippen molar-refractivity contribution in [3.63, 3.8) is 0 Å². The number of carbonyl (C=O) groups is 1. The molecule has 0 spiro atoms. The van der Waals surface area contributed by atoms with E-state index < -0.39 is 0 Å². The van der Waals surface area contributed by atoms with Crippen LogP contribution >= 0.6 is 0 Å². The highest BCUT2D eigenvalue weighted by atomic mass is 16.5. The number of aromatic nitrogens is 2. The summed E-state index contributed by atoms with van der Waals surface area (Å²) in [5.41, 5.74) is 0. The Morgan fingerprint density at radius 2 is 2.43 bits per heavy atom. The Morgan fingerprint density at radius 1 is 1.71 bits per heavy atom. The summed E-state index contributed by atoms with van der Waals surface area (Å²) < 4.78 is 6.63. The van der Waals surface area contributed by atoms with E-state index in [9.17, 15) is 4.79 Å². The van der Waals surface area contributed by atoms with E-state index in [1.54, 1.807) is 6.20 Å². The zero-order chi connectivity index (χ0) is 10.6. The minimum atomic E-state index is -0.187. The molecular weight excluding hydrogens is 180 g/mol. The van der Waals surface area contributed by atoms with E-state index in [0.29, 0.717) is 6.42 Å². The van der Waals surface area contributed by atoms with Gasteiger partial charge in [0.15, 0.2) is 0 Å². The molecule has 4 nitrogen and oxygen atoms in total. The molecule has 0 N–H and O–H groups in total. The molecule has 0 bridgehead atoms. The van der Waals surface area contributed by atoms with Crippen LogP contribution < -0.4 is 0 Å². The Hall–Kier alpha value is -1.32. The van der Waals surface area contributed by atoms with Gasteiger partial charge in [0, 0.05) is 24.9 Å². The third-order valence-electron chi connectivity index (χ3n) is 2.23. The third-order valence-corrected chi connectivity index (χ3v) is 2.23. The van der Waals surface area contributed by atoms with E-state index in [4.69, 9.17) is 0 Å². The normalized spacial score (nSPS) is 12.5. The summed E-state index contributed by atoms with van der Waals surface area (Å²) in [7, 11) is 1.41. The monoisotopic (exact) mass is 196 g/mol. The number of aryl methyl sites for hydroxylation is 1. The van der Waals surface area contributed by atoms with Crippen LogP contribution in [-0.2, 0) is 16.0 Å². The SMILES string of the molecule is CCc1nccn1C(C)CC(=O)OC. The molecule has 1 rings (SSSR count). The fraction of sp³-hybridized carbons (Fsp3) is 0.600. The van der Waals surface area contributed by atoms with Crippen molar-refractivity contribution >= 4 is 5.97 Å². The molecule has 0 aliphatic rings. The number of ether oxygens (including phenoxy) is 1. The van der Waals surface area contributed by atoms with Gasteiger partial charge in [-0.3, -0.25) is 4.79 Å². The number of nitrogens with zero attached hydrogens (tertiary/aromatic N) is 2. The van der Waals surface area contributed by atoms with E-state index in [1.807, 2.05) is 24.6 Å². The highest BCUT2D eigenvalue weighted by Gasteiger charge is 2.12. The van der Waals surface area contributed by atoms with Crippen molar-refractivity contribution in [3.8, 4) is 0 Å². The van der Waals surface area contributed by atoms with Gasteiger partial charge in [0.1, 0.15) is 5.82 Å². The molecule has 0 aliphatic carbocycles. The fourth-order valence-electron chi connectivity index (χ4n) is 1.44. The summed E-state index contributed by atoms with van der Waals surface area (Å²) in [5.74, 6) is 0.814. The molecule has 0 aliphatic heterocycles. The summed E-state index contributed by atoms with van der Waals surface area (Å²) >= 11 is 0. The van der Waals surface area contributed by atoms with Gasteiger partial charge in [0.05, 0.1) is 13.5 Å². The van der Waals surface area contributed by atoms with Crippen molar-refractivity contribution in [1.82, 2.24) is 9.55 Å². The number of imidazole rings is 1. The molecule has 1 aromatic heterocycles. The second-order valence-corrected chi connectivity index (χ2v) is 3.23. The zero-order valence-corrected chi connectivity index (χ0v) is 8.86. The van der Waals surface area contributed by atoms with Crippen LogP contribution in [0.25, 0.3) is 0 Å². The van der Waals surface area contributed by atoms with Crippen LogP contribution in [0.1, 0.15) is 32.1 Å². The molecule has 78 valence electrons. The Labute approximate surface area is 83.9 Å². The molecule has 0 saturated carbocycles. The minimum Gasteiger partial charge on any atom is -0.469 e. The summed E-state index contributed by atoms with van der Waals surface area (Å²) in [6.45, 7) is 4.03. The molecule has 4 heteroatoms. The summed E-state index contributed by atoms with van der Waals surface area (Å²) in [4.78, 5) is 15.3. The van der Waals surface area contributed by atoms with Crippen molar-refractivity contribution in [1.29, 1.82) is 0 Å². The predicted molar refractivity (Wildman–Crippen MR) is 52.9 cm³/mol. The zero-order valence-electron chi connectivity index (χ0n) is 8.86. The Kier molecular flexibility index (Phi) is 3.68. The lowest BCUT2D eigenvalue weighted by atomic mass is 10.2. The van der Waals surface area contributed by atoms with Gasteiger partial charge in [-0.2, -0.15) is 0 Å². The van der Waals surface area contributed by atoms with Gasteiger partial charge in [-0.15, -0.1) is 0 Å². The van der Waals surface area contributed by atoms with Crippen LogP contribution in [0.2, 0.25) is 0 Å². The summed E-state index contributed by atoms with van der Waals surface area (Å²) in [5, 5.41) is 0. The summed E-state index contributed by atoms with van der Waals surface area (Å²) in [6.07, 6.45) is 4.91. The molecule has 1 unspecified atom stereocenters. The highest BCUT2D eigenvalue weighted by Crippen LogP contribution is 2.13. The van der Waals surface area contributed by atoms with Crippen molar-refractivity contribution in [3.05, 3.63) is 18.2 Å². The van der Waals surface area contributed by atoms with Crippen LogP contribution in [0.4, 0.5) is 0 Å². The molecule has 0 saturated heterocycles. The number of esters is 1. The number of hydrogen-bond acceptors (Lipinski definition) is 3. The number of methoxy groups -OCH3 is 1. The van der Waals surface area contributed by atoms with Crippen LogP contribution in [-0.4, -0.2) is 22.6 Å². The van der Waals surface area contributed by atoms with Crippen LogP contribution in [0.5, 0.6) is 0 Å². The topological polar surface area (TPSA) is 44.1 Å². The van der Waals surface area contributed by atoms with Crippen molar-refractivity contribution in [2.45, 2.75) is 32.7 Å². The number of hydrogen-bond donors (Lipinski definition) is 0. The highest BCUT2D eigenvalue weighted by molar-refractivity contribution is 5.69. The molecule has 1 heterocycles. The molecule has 0 radical (unpaired) electrons. The van der Waals surface area contributed by atoms with Crippen LogP contribution in [0.15, 0.2) is 12.4 Å². The number of carbonyl (C=O) groups excluding carboxylic acids is 1. The largest absolute Gasteiger partial charge is 0.469 e. The van der Waals surface area contributed by atoms with Crippen LogP contribution in [0, 0.1) is 0 Å². The lowest BCUT2D eigenvalue weighted by Crippen LogP contribution is -2.13. The molecule has 1 aromatic rings. The quantitative estimate of drug-likeness (QED) is 0.686. The first-order valence-electron chi connectivity index (χ1n) is 4.77. The van der Waals surface area contributed by atoms with Gasteiger partial charge < -0.3 is 9.30 Å². The Morgan fingerprint density at radius 3 is 3.00 bits per heavy atom. The van der Waals surface area contributed by atoms with E-state index in [-0.39, 0.29) is 12.0 Å². The Balaban J connectivity index is 2.68. The van der Waals surface area contributed by atoms with Gasteiger partial charge in [-0.05, 0) is 6.92 Å². The van der Waals surface area contributed by atoms with Gasteiger partial charge >= 0.3 is 5.97 Å². The molecule has 0 fully saturated rings. The van der Waals surface area contributed by atoms with Gasteiger partial charge in [0.2, 0.25) is 0 Å². The maximum atomic E-state index is 11.1. The van der Waals surface area contributed by atoms with Crippen LogP contribution in [0.3, 0.4) is 0 Å². The first-order chi connectivity index (χ1) is 6.69. The lowest BCUT2D eigenvalue weighted by Gasteiger charge is -2.14. The second kappa shape index (κ2) is 4.79. The second-order valence-electron chi connectivity index (χ2n) is 3.23. The molecule has 14 heavy (non-hydrogen) atoms. The lowest BCUT2D eigenvalue weighted by molar-refractivity contribution is -0.141. The number of rotatable bonds is 4. The fourth-order valence-corrected chi connectivity index (χ4v) is 1.44. The standard InChI is InChI=1S/C10H16N2O2/c1-4-9-11-5-6-12(9)8(2)7-10(13)14-3/h5-6,8H,4,7H2,1-3H3. The van der Waals surface area contributed by atoms with Crippen molar-refractivity contribution in [2.24, 2.45) is 0 Å². The van der Waals surface area contributed by atoms with Gasteiger partial charge in [-0.25, -0.2) is 4.98 Å². The van der Waals surface area contributed by atoms with Gasteiger partial charge in [0.25, 0.3) is 0 Å². The first-order valence-corrected chi connectivity index (χ1v) is 4.77. The third kappa shape index (κ3) is 2.34. The maximum absolute atomic E-state index is 11.1. The predicted octanol–water partition coefficient (Wildman–Crippen LogP) is 1.57. The van der Waals surface area contributed by atoms with Gasteiger partial charge in [-0.1, -0.05) is 6.92 Å². The smallest absolute Gasteiger partial charge is 0.307 e. The molecule has 0 aromatic carbocycles. The Bertz CT molecular complexity index is 307. The average molecular weight is 196 g/mol. The first kappa shape index (κ1) is 10.8.